The molecule has 0 saturated carbocycles. The van der Waals surface area contributed by atoms with Gasteiger partial charge >= 0.3 is 0 Å². The molecular formula is C12H14ClN3O2. The van der Waals surface area contributed by atoms with Crippen LogP contribution in [0.25, 0.3) is 0 Å². The fraction of sp³-hybridized carbons (Fsp3) is 0.333. The van der Waals surface area contributed by atoms with Crippen molar-refractivity contribution < 1.29 is 9.63 Å². The van der Waals surface area contributed by atoms with E-state index in [4.69, 9.17) is 22.2 Å². The predicted molar refractivity (Wildman–Crippen MR) is 69.3 cm³/mol. The second kappa shape index (κ2) is 5.27. The van der Waals surface area contributed by atoms with Gasteiger partial charge in [-0.2, -0.15) is 0 Å². The number of rotatable bonds is 3. The summed E-state index contributed by atoms with van der Waals surface area (Å²) >= 11 is 5.85. The molecule has 6 heteroatoms. The van der Waals surface area contributed by atoms with Gasteiger partial charge in [-0.1, -0.05) is 28.9 Å². The molecule has 0 unspecified atom stereocenters. The highest BCUT2D eigenvalue weighted by Crippen LogP contribution is 2.14. The molecule has 1 atom stereocenters. The lowest BCUT2D eigenvalue weighted by Gasteiger charge is -2.09. The molecule has 1 aliphatic rings. The molecule has 1 aromatic rings. The van der Waals surface area contributed by atoms with Gasteiger partial charge in [-0.3, -0.25) is 4.79 Å². The maximum atomic E-state index is 11.6. The van der Waals surface area contributed by atoms with Gasteiger partial charge in [0.05, 0.1) is 0 Å². The standard InChI is InChI=1S/C12H14ClN3O2/c1-16-6-5-10(12(16)17)18-15-11(14)8-3-2-4-9(13)7-8/h2-4,7,10H,5-6H2,1H3,(H2,14,15)/t10-/m0/s1. The topological polar surface area (TPSA) is 67.9 Å². The molecule has 1 aromatic carbocycles. The monoisotopic (exact) mass is 267 g/mol. The molecule has 1 fully saturated rings. The third-order valence-electron chi connectivity index (χ3n) is 2.78. The molecule has 0 spiro atoms. The number of carbonyl (C=O) groups excluding carboxylic acids is 1. The molecule has 18 heavy (non-hydrogen) atoms. The zero-order valence-corrected chi connectivity index (χ0v) is 10.7. The van der Waals surface area contributed by atoms with Crippen molar-refractivity contribution >= 4 is 23.3 Å². The molecular weight excluding hydrogens is 254 g/mol. The van der Waals surface area contributed by atoms with Crippen LogP contribution in [0.2, 0.25) is 5.02 Å². The Bertz CT molecular complexity index is 490. The zero-order chi connectivity index (χ0) is 13.1. The SMILES string of the molecule is CN1CC[C@H](O/N=C(\N)c2cccc(Cl)c2)C1=O. The maximum Gasteiger partial charge on any atom is 0.266 e. The van der Waals surface area contributed by atoms with Crippen LogP contribution >= 0.6 is 11.6 Å². The number of amides is 1. The number of oxime groups is 1. The second-order valence-corrected chi connectivity index (χ2v) is 4.57. The Kier molecular flexibility index (Phi) is 3.72. The largest absolute Gasteiger partial charge is 0.381 e. The van der Waals surface area contributed by atoms with Gasteiger partial charge in [0.25, 0.3) is 5.91 Å². The van der Waals surface area contributed by atoms with E-state index in [0.717, 1.165) is 0 Å². The molecule has 1 aliphatic heterocycles. The van der Waals surface area contributed by atoms with Gasteiger partial charge in [-0.05, 0) is 12.1 Å². The Hall–Kier alpha value is -1.75. The van der Waals surface area contributed by atoms with E-state index >= 15 is 0 Å². The first kappa shape index (κ1) is 12.7. The second-order valence-electron chi connectivity index (χ2n) is 4.13. The van der Waals surface area contributed by atoms with Crippen molar-refractivity contribution in [1.82, 2.24) is 4.90 Å². The summed E-state index contributed by atoms with van der Waals surface area (Å²) in [6.45, 7) is 0.677. The smallest absolute Gasteiger partial charge is 0.266 e. The molecule has 1 heterocycles. The van der Waals surface area contributed by atoms with Crippen molar-refractivity contribution in [3.63, 3.8) is 0 Å². The normalized spacial score (nSPS) is 20.3. The summed E-state index contributed by atoms with van der Waals surface area (Å²) < 4.78 is 0. The van der Waals surface area contributed by atoms with Crippen LogP contribution in [0.1, 0.15) is 12.0 Å². The van der Waals surface area contributed by atoms with Crippen LogP contribution in [0.15, 0.2) is 29.4 Å². The number of nitrogens with zero attached hydrogens (tertiary/aromatic N) is 2. The Morgan fingerprint density at radius 2 is 2.39 bits per heavy atom. The van der Waals surface area contributed by atoms with Gasteiger partial charge in [0.1, 0.15) is 0 Å². The van der Waals surface area contributed by atoms with Crippen molar-refractivity contribution in [2.24, 2.45) is 10.9 Å². The number of halogens is 1. The Morgan fingerprint density at radius 3 is 3.00 bits per heavy atom. The number of hydrogen-bond acceptors (Lipinski definition) is 3. The van der Waals surface area contributed by atoms with E-state index in [2.05, 4.69) is 5.16 Å². The lowest BCUT2D eigenvalue weighted by molar-refractivity contribution is -0.136. The fourth-order valence-electron chi connectivity index (χ4n) is 1.71. The van der Waals surface area contributed by atoms with E-state index in [0.29, 0.717) is 23.6 Å². The Balaban J connectivity index is 2.03. The highest BCUT2D eigenvalue weighted by Gasteiger charge is 2.31. The molecule has 2 N–H and O–H groups in total. The number of hydrogen-bond donors (Lipinski definition) is 1. The third-order valence-corrected chi connectivity index (χ3v) is 3.01. The maximum absolute atomic E-state index is 11.6. The fourth-order valence-corrected chi connectivity index (χ4v) is 1.90. The first-order valence-corrected chi connectivity index (χ1v) is 5.96. The minimum atomic E-state index is -0.535. The van der Waals surface area contributed by atoms with Gasteiger partial charge in [0, 0.05) is 30.6 Å². The van der Waals surface area contributed by atoms with Gasteiger partial charge in [0.2, 0.25) is 6.10 Å². The summed E-state index contributed by atoms with van der Waals surface area (Å²) in [4.78, 5) is 18.4. The van der Waals surface area contributed by atoms with Gasteiger partial charge in [0.15, 0.2) is 5.84 Å². The average Bonchev–Trinajstić information content (AvgIpc) is 2.67. The molecule has 2 rings (SSSR count). The summed E-state index contributed by atoms with van der Waals surface area (Å²) in [7, 11) is 1.73. The molecule has 0 radical (unpaired) electrons. The predicted octanol–water partition coefficient (Wildman–Crippen LogP) is 1.21. The minimum Gasteiger partial charge on any atom is -0.381 e. The van der Waals surface area contributed by atoms with Crippen molar-refractivity contribution in [3.8, 4) is 0 Å². The number of amidine groups is 1. The van der Waals surface area contributed by atoms with E-state index in [1.165, 1.54) is 0 Å². The van der Waals surface area contributed by atoms with E-state index in [1.807, 2.05) is 0 Å². The first-order valence-electron chi connectivity index (χ1n) is 5.58. The van der Waals surface area contributed by atoms with Crippen molar-refractivity contribution in [2.75, 3.05) is 13.6 Å². The van der Waals surface area contributed by atoms with Gasteiger partial charge in [-0.15, -0.1) is 0 Å². The van der Waals surface area contributed by atoms with Crippen molar-refractivity contribution in [3.05, 3.63) is 34.9 Å². The number of carbonyl (C=O) groups is 1. The van der Waals surface area contributed by atoms with Crippen LogP contribution in [0.4, 0.5) is 0 Å². The molecule has 96 valence electrons. The molecule has 5 nitrogen and oxygen atoms in total. The number of nitrogens with two attached hydrogens (primary N) is 1. The van der Waals surface area contributed by atoms with Crippen molar-refractivity contribution in [1.29, 1.82) is 0 Å². The summed E-state index contributed by atoms with van der Waals surface area (Å²) in [5.74, 6) is 0.137. The highest BCUT2D eigenvalue weighted by molar-refractivity contribution is 6.31. The summed E-state index contributed by atoms with van der Waals surface area (Å²) in [6.07, 6.45) is 0.0921. The van der Waals surface area contributed by atoms with E-state index in [-0.39, 0.29) is 11.7 Å². The molecule has 0 aromatic heterocycles. The summed E-state index contributed by atoms with van der Waals surface area (Å²) in [5.41, 5.74) is 6.43. The van der Waals surface area contributed by atoms with Crippen LogP contribution in [-0.4, -0.2) is 36.3 Å². The van der Waals surface area contributed by atoms with E-state index in [1.54, 1.807) is 36.2 Å². The van der Waals surface area contributed by atoms with E-state index < -0.39 is 6.10 Å². The molecule has 1 saturated heterocycles. The molecule has 1 amide bonds. The number of likely N-dealkylation sites (tertiary alicyclic amines) is 1. The van der Waals surface area contributed by atoms with Crippen LogP contribution < -0.4 is 5.73 Å². The lowest BCUT2D eigenvalue weighted by Crippen LogP contribution is -2.27. The van der Waals surface area contributed by atoms with Crippen molar-refractivity contribution in [2.45, 2.75) is 12.5 Å². The minimum absolute atomic E-state index is 0.0716. The zero-order valence-electron chi connectivity index (χ0n) is 9.97. The first-order chi connectivity index (χ1) is 8.58. The Morgan fingerprint density at radius 1 is 1.61 bits per heavy atom. The third kappa shape index (κ3) is 2.73. The van der Waals surface area contributed by atoms with Crippen LogP contribution in [0.3, 0.4) is 0 Å². The quantitative estimate of drug-likeness (QED) is 0.508. The van der Waals surface area contributed by atoms with E-state index in [9.17, 15) is 4.79 Å². The Labute approximate surface area is 110 Å². The lowest BCUT2D eigenvalue weighted by atomic mass is 10.2. The molecule has 0 bridgehead atoms. The average molecular weight is 268 g/mol. The van der Waals surface area contributed by atoms with Gasteiger partial charge < -0.3 is 15.5 Å². The van der Waals surface area contributed by atoms with Crippen LogP contribution in [0, 0.1) is 0 Å². The number of benzene rings is 1. The highest BCUT2D eigenvalue weighted by atomic mass is 35.5. The molecule has 0 aliphatic carbocycles. The number of likely N-dealkylation sites (N-methyl/N-ethyl adjacent to an activating group) is 1. The summed E-state index contributed by atoms with van der Waals surface area (Å²) in [5, 5.41) is 4.36. The van der Waals surface area contributed by atoms with Crippen LogP contribution in [-0.2, 0) is 9.63 Å². The summed E-state index contributed by atoms with van der Waals surface area (Å²) in [6, 6.07) is 6.98. The van der Waals surface area contributed by atoms with Gasteiger partial charge in [-0.25, -0.2) is 0 Å². The van der Waals surface area contributed by atoms with Crippen LogP contribution in [0.5, 0.6) is 0 Å².